The zero-order valence-corrected chi connectivity index (χ0v) is 41.4. The molecule has 3 aliphatic rings. The Labute approximate surface area is 391 Å². The van der Waals surface area contributed by atoms with E-state index in [2.05, 4.69) is 20.2 Å². The number of esters is 1. The molecule has 3 fully saturated rings. The molecule has 0 spiro atoms. The lowest BCUT2D eigenvalue weighted by Gasteiger charge is -2.50. The minimum atomic E-state index is -1.99. The predicted octanol–water partition coefficient (Wildman–Crippen LogP) is 3.28. The van der Waals surface area contributed by atoms with Crippen molar-refractivity contribution in [3.63, 3.8) is 0 Å². The number of ether oxygens (including phenoxy) is 7. The third-order valence-electron chi connectivity index (χ3n) is 14.8. The molecule has 0 radical (unpaired) electrons. The van der Waals surface area contributed by atoms with E-state index in [4.69, 9.17) is 33.2 Å². The number of ketones is 1. The average molecular weight is 934 g/mol. The van der Waals surface area contributed by atoms with E-state index in [1.54, 1.807) is 59.3 Å². The van der Waals surface area contributed by atoms with Gasteiger partial charge in [0.15, 0.2) is 12.6 Å². The van der Waals surface area contributed by atoms with Gasteiger partial charge in [0, 0.05) is 88.5 Å². The van der Waals surface area contributed by atoms with Crippen molar-refractivity contribution < 1.29 is 63.2 Å². The van der Waals surface area contributed by atoms with Crippen LogP contribution in [-0.4, -0.2) is 169 Å². The van der Waals surface area contributed by atoms with Gasteiger partial charge in [0.05, 0.1) is 53.3 Å². The highest BCUT2D eigenvalue weighted by Crippen LogP contribution is 2.42. The molecule has 2 aromatic heterocycles. The minimum Gasteiger partial charge on any atom is -0.459 e. The molecule has 18 heteroatoms. The number of likely N-dealkylation sites (N-methyl/N-ethyl adjacent to an activating group) is 1. The van der Waals surface area contributed by atoms with E-state index in [-0.39, 0.29) is 31.1 Å². The van der Waals surface area contributed by atoms with Crippen LogP contribution in [0.15, 0.2) is 30.6 Å². The molecule has 0 amide bonds. The van der Waals surface area contributed by atoms with Crippen LogP contribution >= 0.6 is 0 Å². The standard InChI is InChI=1S/C48H79N5O13/c1-14-36-48(10,59)41(56)29(4)38(54)27(2)24-47(9,61-13)43(30(5)40(31(6)44(58)64-36)65-37-25-46(8,60-12)42(57)32(7)63-37)66-45-39(55)35(23-28(3)62-45)52(11)21-18-34-26-53(51-50-34)22-19-33-17-15-16-20-49-33/h15-17,20,26-32,35-37,39-43,45,55-57,59H,14,18-19,21-25H2,1-13H3/t27-,28-,29+,30+,31-,32+,35+,36-,37+,39-,40+,41-,42+,43-,45+,46-,47-,48-/m1/s1. The third kappa shape index (κ3) is 12.2. The summed E-state index contributed by atoms with van der Waals surface area (Å²) in [5.41, 5.74) is -2.58. The van der Waals surface area contributed by atoms with Gasteiger partial charge in [-0.2, -0.15) is 0 Å². The second kappa shape index (κ2) is 22.6. The zero-order valence-electron chi connectivity index (χ0n) is 41.4. The quantitative estimate of drug-likeness (QED) is 0.199. The Hall–Kier alpha value is -3.01. The van der Waals surface area contributed by atoms with E-state index in [0.29, 0.717) is 25.9 Å². The van der Waals surface area contributed by atoms with Crippen molar-refractivity contribution in [3.05, 3.63) is 42.0 Å². The molecule has 0 unspecified atom stereocenters. The molecule has 18 atom stereocenters. The number of carbonyl (C=O) groups is 2. The third-order valence-corrected chi connectivity index (χ3v) is 14.8. The maximum absolute atomic E-state index is 14.4. The molecule has 374 valence electrons. The predicted molar refractivity (Wildman–Crippen MR) is 242 cm³/mol. The lowest BCUT2D eigenvalue weighted by molar-refractivity contribution is -0.319. The van der Waals surface area contributed by atoms with Gasteiger partial charge in [-0.25, -0.2) is 0 Å². The summed E-state index contributed by atoms with van der Waals surface area (Å²) in [6, 6.07) is 5.42. The second-order valence-electron chi connectivity index (χ2n) is 19.9. The number of Topliss-reactive ketones (excluding diaryl/α,β-unsaturated/α-hetero) is 1. The van der Waals surface area contributed by atoms with Gasteiger partial charge in [-0.3, -0.25) is 19.3 Å². The number of nitrogens with zero attached hydrogens (tertiary/aromatic N) is 5. The number of methoxy groups -OCH3 is 2. The number of cyclic esters (lactones) is 1. The molecule has 3 aliphatic heterocycles. The number of hydrogen-bond acceptors (Lipinski definition) is 17. The number of aliphatic hydroxyl groups is 4. The van der Waals surface area contributed by atoms with Crippen LogP contribution in [0.1, 0.15) is 106 Å². The Bertz CT molecular complexity index is 1860. The van der Waals surface area contributed by atoms with Gasteiger partial charge < -0.3 is 58.5 Å². The minimum absolute atomic E-state index is 0.0778. The SMILES string of the molecule is CC[C@H]1OC(=O)[C@H](C)[C@@H](O[C@H]2C[C@@](C)(OC)[C@@H](O)[C@H](C)O2)[C@H](C)[C@@H](O[C@@H]2O[C@H](C)C[C@H](N(C)CCc3cn(CCc4ccccn4)nn3)[C@H]2O)[C@](C)(OC)C[C@@H](C)C(=O)[C@H](C)[C@@H](O)[C@]1(C)O. The molecular weight excluding hydrogens is 855 g/mol. The lowest BCUT2D eigenvalue weighted by atomic mass is 9.74. The first-order valence-corrected chi connectivity index (χ1v) is 23.7. The normalized spacial score (nSPS) is 41.1. The number of aliphatic hydroxyl groups excluding tert-OH is 3. The molecule has 0 saturated carbocycles. The first kappa shape index (κ1) is 53.9. The number of aryl methyl sites for hydroxylation is 2. The van der Waals surface area contributed by atoms with Gasteiger partial charge in [0.2, 0.25) is 0 Å². The fourth-order valence-electron chi connectivity index (χ4n) is 10.3. The van der Waals surface area contributed by atoms with Crippen molar-refractivity contribution in [2.45, 2.75) is 199 Å². The number of pyridine rings is 1. The van der Waals surface area contributed by atoms with E-state index < -0.39 is 108 Å². The summed E-state index contributed by atoms with van der Waals surface area (Å²) in [6.07, 6.45) is -4.40. The van der Waals surface area contributed by atoms with Crippen LogP contribution in [0.5, 0.6) is 0 Å². The number of carbonyl (C=O) groups excluding carboxylic acids is 2. The van der Waals surface area contributed by atoms with Crippen molar-refractivity contribution in [2.75, 3.05) is 27.8 Å². The maximum Gasteiger partial charge on any atom is 0.311 e. The lowest BCUT2D eigenvalue weighted by Crippen LogP contribution is -2.61. The fraction of sp³-hybridized carbons (Fsp3) is 0.812. The zero-order chi connectivity index (χ0) is 48.9. The first-order valence-electron chi connectivity index (χ1n) is 23.7. The van der Waals surface area contributed by atoms with E-state index >= 15 is 0 Å². The summed E-state index contributed by atoms with van der Waals surface area (Å²) in [7, 11) is 4.95. The van der Waals surface area contributed by atoms with Crippen molar-refractivity contribution in [1.29, 1.82) is 0 Å². The molecular formula is C48H79N5O13. The smallest absolute Gasteiger partial charge is 0.311 e. The summed E-state index contributed by atoms with van der Waals surface area (Å²) >= 11 is 0. The highest BCUT2D eigenvalue weighted by molar-refractivity contribution is 5.83. The molecule has 4 N–H and O–H groups in total. The molecule has 5 heterocycles. The van der Waals surface area contributed by atoms with Crippen LogP contribution in [0.25, 0.3) is 0 Å². The van der Waals surface area contributed by atoms with Crippen molar-refractivity contribution >= 4 is 11.8 Å². The number of hydrogen-bond donors (Lipinski definition) is 4. The second-order valence-corrected chi connectivity index (χ2v) is 19.9. The Kier molecular flexibility index (Phi) is 18.5. The molecule has 0 aromatic carbocycles. The van der Waals surface area contributed by atoms with Gasteiger partial charge in [-0.1, -0.05) is 39.0 Å². The van der Waals surface area contributed by atoms with E-state index in [1.165, 1.54) is 21.1 Å². The van der Waals surface area contributed by atoms with Crippen LogP contribution in [0.2, 0.25) is 0 Å². The summed E-state index contributed by atoms with van der Waals surface area (Å²) in [5, 5.41) is 55.3. The molecule has 66 heavy (non-hydrogen) atoms. The first-order chi connectivity index (χ1) is 31.0. The molecule has 5 rings (SSSR count). The van der Waals surface area contributed by atoms with E-state index in [9.17, 15) is 30.0 Å². The van der Waals surface area contributed by atoms with Gasteiger partial charge in [-0.05, 0) is 80.0 Å². The van der Waals surface area contributed by atoms with Crippen LogP contribution in [0, 0.1) is 23.7 Å². The van der Waals surface area contributed by atoms with E-state index in [0.717, 1.165) is 17.8 Å². The topological polar surface area (TPSA) is 227 Å². The van der Waals surface area contributed by atoms with Crippen molar-refractivity contribution in [3.8, 4) is 0 Å². The maximum atomic E-state index is 14.4. The molecule has 3 saturated heterocycles. The Balaban J connectivity index is 1.47. The Morgan fingerprint density at radius 1 is 0.894 bits per heavy atom. The molecule has 2 aromatic rings. The summed E-state index contributed by atoms with van der Waals surface area (Å²) in [4.78, 5) is 35.1. The van der Waals surface area contributed by atoms with Crippen molar-refractivity contribution in [2.24, 2.45) is 23.7 Å². The largest absolute Gasteiger partial charge is 0.459 e. The van der Waals surface area contributed by atoms with Gasteiger partial charge in [0.1, 0.15) is 29.7 Å². The highest BCUT2D eigenvalue weighted by Gasteiger charge is 2.54. The summed E-state index contributed by atoms with van der Waals surface area (Å²) in [5.74, 6) is -4.66. The van der Waals surface area contributed by atoms with Crippen LogP contribution in [0.4, 0.5) is 0 Å². The molecule has 0 bridgehead atoms. The Morgan fingerprint density at radius 2 is 1.59 bits per heavy atom. The monoisotopic (exact) mass is 934 g/mol. The molecule has 18 nitrogen and oxygen atoms in total. The van der Waals surface area contributed by atoms with Crippen LogP contribution in [0.3, 0.4) is 0 Å². The van der Waals surface area contributed by atoms with Gasteiger partial charge in [0.25, 0.3) is 0 Å². The molecule has 0 aliphatic carbocycles. The fourth-order valence-corrected chi connectivity index (χ4v) is 10.3. The van der Waals surface area contributed by atoms with Gasteiger partial charge in [-0.15, -0.1) is 5.10 Å². The van der Waals surface area contributed by atoms with Crippen molar-refractivity contribution in [1.82, 2.24) is 24.9 Å². The number of rotatable bonds is 14. The van der Waals surface area contributed by atoms with Gasteiger partial charge >= 0.3 is 5.97 Å². The average Bonchev–Trinajstić information content (AvgIpc) is 3.76. The summed E-state index contributed by atoms with van der Waals surface area (Å²) in [6.45, 7) is 18.3. The van der Waals surface area contributed by atoms with E-state index in [1.807, 2.05) is 45.3 Å². The number of aromatic nitrogens is 4. The summed E-state index contributed by atoms with van der Waals surface area (Å²) < 4.78 is 46.5. The van der Waals surface area contributed by atoms with Crippen LogP contribution in [-0.2, 0) is 62.1 Å². The Morgan fingerprint density at radius 3 is 2.23 bits per heavy atom. The van der Waals surface area contributed by atoms with Crippen LogP contribution < -0.4 is 0 Å². The highest BCUT2D eigenvalue weighted by atomic mass is 16.7.